The lowest BCUT2D eigenvalue weighted by Gasteiger charge is -2.15. The average Bonchev–Trinajstić information content (AvgIpc) is 2.92. The zero-order valence-corrected chi connectivity index (χ0v) is 12.0. The molecule has 1 fully saturated rings. The summed E-state index contributed by atoms with van der Waals surface area (Å²) in [7, 11) is -3.60. The summed E-state index contributed by atoms with van der Waals surface area (Å²) in [5, 5.41) is 0. The van der Waals surface area contributed by atoms with Crippen molar-refractivity contribution in [1.82, 2.24) is 9.62 Å². The first-order valence-electron chi connectivity index (χ1n) is 6.62. The van der Waals surface area contributed by atoms with E-state index in [0.717, 1.165) is 25.9 Å². The zero-order chi connectivity index (χ0) is 14.6. The molecule has 6 nitrogen and oxygen atoms in total. The van der Waals surface area contributed by atoms with Crippen molar-refractivity contribution in [3.8, 4) is 0 Å². The minimum Gasteiger partial charge on any atom is -0.399 e. The maximum absolute atomic E-state index is 12.0. The van der Waals surface area contributed by atoms with E-state index < -0.39 is 10.0 Å². The van der Waals surface area contributed by atoms with Gasteiger partial charge in [-0.05, 0) is 31.0 Å². The first-order valence-corrected chi connectivity index (χ1v) is 8.10. The SMILES string of the molecule is Nc1cccc(S(=O)(=O)NCCC(=O)N2CCCC2)c1. The fraction of sp³-hybridized carbons (Fsp3) is 0.462. The van der Waals surface area contributed by atoms with Gasteiger partial charge in [0.25, 0.3) is 0 Å². The van der Waals surface area contributed by atoms with Gasteiger partial charge in [0.15, 0.2) is 0 Å². The number of nitrogens with one attached hydrogen (secondary N) is 1. The van der Waals surface area contributed by atoms with E-state index in [0.29, 0.717) is 5.69 Å². The lowest BCUT2D eigenvalue weighted by Crippen LogP contribution is -2.32. The number of likely N-dealkylation sites (tertiary alicyclic amines) is 1. The number of nitrogens with zero attached hydrogens (tertiary/aromatic N) is 1. The van der Waals surface area contributed by atoms with Gasteiger partial charge in [-0.3, -0.25) is 4.79 Å². The maximum atomic E-state index is 12.0. The van der Waals surface area contributed by atoms with Crippen LogP contribution in [0.3, 0.4) is 0 Å². The van der Waals surface area contributed by atoms with Crippen LogP contribution >= 0.6 is 0 Å². The van der Waals surface area contributed by atoms with Crippen LogP contribution in [-0.2, 0) is 14.8 Å². The average molecular weight is 297 g/mol. The summed E-state index contributed by atoms with van der Waals surface area (Å²) in [6, 6.07) is 6.07. The first-order chi connectivity index (χ1) is 9.49. The van der Waals surface area contributed by atoms with E-state index in [-0.39, 0.29) is 23.8 Å². The second-order valence-corrected chi connectivity index (χ2v) is 6.58. The molecule has 1 aromatic rings. The number of benzene rings is 1. The van der Waals surface area contributed by atoms with Crippen LogP contribution in [0.15, 0.2) is 29.2 Å². The van der Waals surface area contributed by atoms with Crippen molar-refractivity contribution in [3.63, 3.8) is 0 Å². The van der Waals surface area contributed by atoms with Gasteiger partial charge < -0.3 is 10.6 Å². The highest BCUT2D eigenvalue weighted by molar-refractivity contribution is 7.89. The van der Waals surface area contributed by atoms with Crippen molar-refractivity contribution >= 4 is 21.6 Å². The highest BCUT2D eigenvalue weighted by Crippen LogP contribution is 2.13. The lowest BCUT2D eigenvalue weighted by atomic mass is 10.3. The molecule has 3 N–H and O–H groups in total. The molecule has 0 aromatic heterocycles. The lowest BCUT2D eigenvalue weighted by molar-refractivity contribution is -0.129. The Balaban J connectivity index is 1.88. The van der Waals surface area contributed by atoms with Crippen molar-refractivity contribution in [2.75, 3.05) is 25.4 Å². The summed E-state index contributed by atoms with van der Waals surface area (Å²) in [4.78, 5) is 13.7. The van der Waals surface area contributed by atoms with Gasteiger partial charge in [-0.15, -0.1) is 0 Å². The van der Waals surface area contributed by atoms with Crippen molar-refractivity contribution in [2.45, 2.75) is 24.2 Å². The largest absolute Gasteiger partial charge is 0.399 e. The molecule has 0 aliphatic carbocycles. The Labute approximate surface area is 119 Å². The number of amides is 1. The van der Waals surface area contributed by atoms with E-state index in [1.165, 1.54) is 12.1 Å². The van der Waals surface area contributed by atoms with Crippen molar-refractivity contribution in [3.05, 3.63) is 24.3 Å². The number of rotatable bonds is 5. The molecule has 20 heavy (non-hydrogen) atoms. The van der Waals surface area contributed by atoms with Crippen LogP contribution in [0, 0.1) is 0 Å². The molecule has 0 radical (unpaired) electrons. The first kappa shape index (κ1) is 14.8. The third kappa shape index (κ3) is 3.71. The second kappa shape index (κ2) is 6.23. The third-order valence-electron chi connectivity index (χ3n) is 3.26. The molecule has 7 heteroatoms. The number of nitrogen functional groups attached to an aromatic ring is 1. The second-order valence-electron chi connectivity index (χ2n) is 4.81. The van der Waals surface area contributed by atoms with E-state index in [1.54, 1.807) is 17.0 Å². The molecular formula is C13H19N3O3S. The quantitative estimate of drug-likeness (QED) is 0.777. The summed E-state index contributed by atoms with van der Waals surface area (Å²) in [6.07, 6.45) is 2.24. The van der Waals surface area contributed by atoms with Crippen LogP contribution in [0.2, 0.25) is 0 Å². The molecule has 1 heterocycles. The molecule has 0 atom stereocenters. The van der Waals surface area contributed by atoms with E-state index in [4.69, 9.17) is 5.73 Å². The minimum absolute atomic E-state index is 0.00206. The van der Waals surface area contributed by atoms with Crippen molar-refractivity contribution in [2.24, 2.45) is 0 Å². The van der Waals surface area contributed by atoms with Crippen LogP contribution in [0.25, 0.3) is 0 Å². The summed E-state index contributed by atoms with van der Waals surface area (Å²) >= 11 is 0. The van der Waals surface area contributed by atoms with E-state index >= 15 is 0 Å². The molecule has 0 unspecified atom stereocenters. The molecule has 2 rings (SSSR count). The van der Waals surface area contributed by atoms with Gasteiger partial charge in [-0.2, -0.15) is 0 Å². The number of anilines is 1. The van der Waals surface area contributed by atoms with Gasteiger partial charge >= 0.3 is 0 Å². The summed E-state index contributed by atoms with van der Waals surface area (Å²) in [5.41, 5.74) is 5.95. The number of carbonyl (C=O) groups is 1. The molecule has 1 amide bonds. The normalized spacial score (nSPS) is 15.5. The van der Waals surface area contributed by atoms with Crippen LogP contribution in [0.1, 0.15) is 19.3 Å². The number of carbonyl (C=O) groups excluding carboxylic acids is 1. The summed E-state index contributed by atoms with van der Waals surface area (Å²) in [5.74, 6) is -0.00206. The Hall–Kier alpha value is -1.60. The Morgan fingerprint density at radius 1 is 1.30 bits per heavy atom. The molecule has 0 bridgehead atoms. The fourth-order valence-corrected chi connectivity index (χ4v) is 3.27. The van der Waals surface area contributed by atoms with Crippen LogP contribution in [0.5, 0.6) is 0 Å². The topological polar surface area (TPSA) is 92.5 Å². The van der Waals surface area contributed by atoms with Crippen LogP contribution in [-0.4, -0.2) is 38.9 Å². The number of hydrogen-bond acceptors (Lipinski definition) is 4. The van der Waals surface area contributed by atoms with E-state index in [1.807, 2.05) is 0 Å². The van der Waals surface area contributed by atoms with Gasteiger partial charge in [-0.1, -0.05) is 6.07 Å². The highest BCUT2D eigenvalue weighted by atomic mass is 32.2. The van der Waals surface area contributed by atoms with Gasteiger partial charge in [0.05, 0.1) is 4.90 Å². The number of hydrogen-bond donors (Lipinski definition) is 2. The third-order valence-corrected chi connectivity index (χ3v) is 4.72. The van der Waals surface area contributed by atoms with Gasteiger partial charge in [0.2, 0.25) is 15.9 Å². The predicted octanol–water partition coefficient (Wildman–Crippen LogP) is 0.560. The van der Waals surface area contributed by atoms with E-state index in [9.17, 15) is 13.2 Å². The maximum Gasteiger partial charge on any atom is 0.240 e. The Kier molecular flexibility index (Phi) is 4.61. The Morgan fingerprint density at radius 2 is 2.00 bits per heavy atom. The molecule has 0 spiro atoms. The molecule has 1 aliphatic heterocycles. The molecule has 1 aromatic carbocycles. The van der Waals surface area contributed by atoms with Gasteiger partial charge in [0, 0.05) is 31.7 Å². The molecule has 110 valence electrons. The number of nitrogens with two attached hydrogens (primary N) is 1. The molecular weight excluding hydrogens is 278 g/mol. The summed E-state index contributed by atoms with van der Waals surface area (Å²) < 4.78 is 26.4. The Morgan fingerprint density at radius 3 is 2.65 bits per heavy atom. The van der Waals surface area contributed by atoms with Gasteiger partial charge in [-0.25, -0.2) is 13.1 Å². The smallest absolute Gasteiger partial charge is 0.240 e. The Bertz CT molecular complexity index is 580. The monoisotopic (exact) mass is 297 g/mol. The standard InChI is InChI=1S/C13H19N3O3S/c14-11-4-3-5-12(10-11)20(18,19)15-7-6-13(17)16-8-1-2-9-16/h3-5,10,15H,1-2,6-9,14H2. The van der Waals surface area contributed by atoms with Crippen molar-refractivity contribution < 1.29 is 13.2 Å². The van der Waals surface area contributed by atoms with Crippen molar-refractivity contribution in [1.29, 1.82) is 0 Å². The van der Waals surface area contributed by atoms with E-state index in [2.05, 4.69) is 4.72 Å². The van der Waals surface area contributed by atoms with Crippen LogP contribution < -0.4 is 10.5 Å². The molecule has 1 saturated heterocycles. The fourth-order valence-electron chi connectivity index (χ4n) is 2.18. The molecule has 1 aliphatic rings. The van der Waals surface area contributed by atoms with Crippen LogP contribution in [0.4, 0.5) is 5.69 Å². The highest BCUT2D eigenvalue weighted by Gasteiger charge is 2.19. The minimum atomic E-state index is -3.60. The van der Waals surface area contributed by atoms with Gasteiger partial charge in [0.1, 0.15) is 0 Å². The zero-order valence-electron chi connectivity index (χ0n) is 11.2. The predicted molar refractivity (Wildman–Crippen MR) is 76.5 cm³/mol. The molecule has 0 saturated carbocycles. The number of sulfonamides is 1. The summed E-state index contributed by atoms with van der Waals surface area (Å²) in [6.45, 7) is 1.66.